The van der Waals surface area contributed by atoms with Gasteiger partial charge < -0.3 is 25.5 Å². The summed E-state index contributed by atoms with van der Waals surface area (Å²) in [5.41, 5.74) is -2.11. The van der Waals surface area contributed by atoms with Crippen LogP contribution in [-0.4, -0.2) is 100 Å². The Morgan fingerprint density at radius 3 is 1.23 bits per heavy atom. The maximum absolute atomic E-state index is 12.6. The first-order valence-corrected chi connectivity index (χ1v) is 16.2. The van der Waals surface area contributed by atoms with E-state index in [2.05, 4.69) is 0 Å². The van der Waals surface area contributed by atoms with Gasteiger partial charge in [-0.2, -0.15) is 8.42 Å². The third kappa shape index (κ3) is 13.1. The van der Waals surface area contributed by atoms with E-state index in [4.69, 9.17) is 15.3 Å². The molecule has 0 aliphatic rings. The summed E-state index contributed by atoms with van der Waals surface area (Å²) in [6, 6.07) is 0. The van der Waals surface area contributed by atoms with Crippen LogP contribution in [-0.2, 0) is 19.7 Å². The first-order chi connectivity index (χ1) is 18.7. The lowest BCUT2D eigenvalue weighted by Gasteiger charge is -2.43. The Morgan fingerprint density at radius 1 is 0.700 bits per heavy atom. The fourth-order valence-corrected chi connectivity index (χ4v) is 7.03. The molecule has 0 saturated carbocycles. The van der Waals surface area contributed by atoms with Crippen molar-refractivity contribution >= 4 is 22.1 Å². The maximum atomic E-state index is 12.6. The highest BCUT2D eigenvalue weighted by Gasteiger charge is 2.61. The van der Waals surface area contributed by atoms with Crippen LogP contribution >= 0.6 is 0 Å². The Kier molecular flexibility index (Phi) is 21.8. The van der Waals surface area contributed by atoms with Crippen LogP contribution in [0.3, 0.4) is 0 Å². The molecule has 12 heteroatoms. The minimum atomic E-state index is -5.14. The third-order valence-corrected chi connectivity index (χ3v) is 9.72. The van der Waals surface area contributed by atoms with Gasteiger partial charge in [-0.15, -0.1) is 0 Å². The molecule has 0 aliphatic carbocycles. The monoisotopic (exact) mass is 599 g/mol. The fraction of sp³-hybridized carbons (Fsp3) is 0.929. The Bertz CT molecular complexity index is 748. The molecule has 0 amide bonds. The van der Waals surface area contributed by atoms with E-state index >= 15 is 0 Å². The number of nitrogens with zero attached hydrogens (tertiary/aromatic N) is 1. The Morgan fingerprint density at radius 2 is 1.02 bits per heavy atom. The highest BCUT2D eigenvalue weighted by atomic mass is 32.2. The maximum Gasteiger partial charge on any atom is 0.325 e. The molecule has 0 bridgehead atoms. The molecule has 0 radical (unpaired) electrons. The molecule has 6 N–H and O–H groups in total. The summed E-state index contributed by atoms with van der Waals surface area (Å²) in [6.07, 6.45) is 5.77. The van der Waals surface area contributed by atoms with Crippen molar-refractivity contribution in [3.05, 3.63) is 0 Å². The highest BCUT2D eigenvalue weighted by molar-refractivity contribution is 7.87. The Balaban J connectivity index is 0. The van der Waals surface area contributed by atoms with Crippen molar-refractivity contribution in [3.8, 4) is 0 Å². The molecule has 40 heavy (non-hydrogen) atoms. The molecule has 3 atom stereocenters. The number of hydrogen-bond donors (Lipinski definition) is 6. The molecule has 0 heterocycles. The summed E-state index contributed by atoms with van der Waals surface area (Å²) >= 11 is 0. The second-order valence-electron chi connectivity index (χ2n) is 10.8. The minimum absolute atomic E-state index is 0.0694. The number of carboxylic acids is 2. The minimum Gasteiger partial charge on any atom is -0.481 e. The lowest BCUT2D eigenvalue weighted by atomic mass is 9.62. The molecule has 11 nitrogen and oxygen atoms in total. The van der Waals surface area contributed by atoms with Gasteiger partial charge >= 0.3 is 11.9 Å². The van der Waals surface area contributed by atoms with Gasteiger partial charge in [0.25, 0.3) is 10.1 Å². The lowest BCUT2D eigenvalue weighted by Crippen LogP contribution is -2.58. The summed E-state index contributed by atoms with van der Waals surface area (Å²) in [6.45, 7) is 13.2. The SMILES string of the molecule is CCC(CC)CCC(C)C(C(=O)O)(C(C)CCC(CC)CC)C(C(=O)O)S(=O)(=O)O.OCCN(CCO)CCO. The van der Waals surface area contributed by atoms with Crippen LogP contribution in [0, 0.1) is 29.1 Å². The van der Waals surface area contributed by atoms with E-state index in [0.717, 1.165) is 25.7 Å². The topological polar surface area (TPSA) is 193 Å². The van der Waals surface area contributed by atoms with Gasteiger partial charge in [-0.05, 0) is 36.5 Å². The van der Waals surface area contributed by atoms with Gasteiger partial charge in [0.2, 0.25) is 0 Å². The van der Waals surface area contributed by atoms with Gasteiger partial charge in [0, 0.05) is 19.6 Å². The predicted molar refractivity (Wildman–Crippen MR) is 156 cm³/mol. The van der Waals surface area contributed by atoms with Crippen molar-refractivity contribution in [1.82, 2.24) is 4.90 Å². The number of rotatable bonds is 22. The van der Waals surface area contributed by atoms with E-state index < -0.39 is 44.6 Å². The van der Waals surface area contributed by atoms with E-state index in [1.54, 1.807) is 18.7 Å². The average molecular weight is 600 g/mol. The van der Waals surface area contributed by atoms with Gasteiger partial charge in [-0.1, -0.05) is 80.1 Å². The van der Waals surface area contributed by atoms with E-state index in [0.29, 0.717) is 57.2 Å². The molecular weight excluding hydrogens is 542 g/mol. The number of carboxylic acid groups (broad SMARTS) is 2. The number of aliphatic hydroxyl groups is 3. The lowest BCUT2D eigenvalue weighted by molar-refractivity contribution is -0.164. The van der Waals surface area contributed by atoms with Crippen LogP contribution in [0.15, 0.2) is 0 Å². The van der Waals surface area contributed by atoms with Gasteiger partial charge in [-0.3, -0.25) is 19.0 Å². The van der Waals surface area contributed by atoms with Gasteiger partial charge in [0.05, 0.1) is 19.8 Å². The number of hydrogen-bond acceptors (Lipinski definition) is 8. The molecular formula is C28H57NO10S. The zero-order valence-electron chi connectivity index (χ0n) is 25.5. The molecule has 0 fully saturated rings. The van der Waals surface area contributed by atoms with Crippen LogP contribution < -0.4 is 0 Å². The summed E-state index contributed by atoms with van der Waals surface area (Å²) in [5.74, 6) is -4.06. The van der Waals surface area contributed by atoms with E-state index in [1.807, 2.05) is 27.7 Å². The predicted octanol–water partition coefficient (Wildman–Crippen LogP) is 3.37. The van der Waals surface area contributed by atoms with E-state index in [9.17, 15) is 32.8 Å². The fourth-order valence-electron chi connectivity index (χ4n) is 5.72. The molecule has 0 saturated heterocycles. The molecule has 3 unspecified atom stereocenters. The molecule has 0 spiro atoms. The Hall–Kier alpha value is -1.31. The molecule has 0 aromatic carbocycles. The summed E-state index contributed by atoms with van der Waals surface area (Å²) in [7, 11) is -5.14. The van der Waals surface area contributed by atoms with Crippen molar-refractivity contribution in [2.75, 3.05) is 39.5 Å². The Labute approximate surface area is 241 Å². The van der Waals surface area contributed by atoms with Crippen molar-refractivity contribution in [3.63, 3.8) is 0 Å². The quantitative estimate of drug-likeness (QED) is 0.0999. The first kappa shape index (κ1) is 40.8. The number of aliphatic hydroxyl groups excluding tert-OH is 3. The van der Waals surface area contributed by atoms with Crippen molar-refractivity contribution < 1.29 is 48.1 Å². The van der Waals surface area contributed by atoms with Crippen molar-refractivity contribution in [2.45, 2.75) is 98.2 Å². The molecule has 0 rings (SSSR count). The average Bonchev–Trinajstić information content (AvgIpc) is 2.87. The third-order valence-electron chi connectivity index (χ3n) is 8.53. The number of carbonyl (C=O) groups is 2. The standard InChI is InChI=1S/C22H42O7S.C6H15NO3/c1-7-17(8-2)13-11-15(5)22(21(25)26,19(20(23)24)30(27,28)29)16(6)12-14-18(9-3)10-4;8-4-1-7(2-5-9)3-6-10/h15-19H,7-14H2,1-6H3,(H,23,24)(H,25,26)(H,27,28,29);8-10H,1-6H2. The van der Waals surface area contributed by atoms with E-state index in [1.165, 1.54) is 0 Å². The summed E-state index contributed by atoms with van der Waals surface area (Å²) in [5, 5.41) is 43.0. The van der Waals surface area contributed by atoms with Crippen LogP contribution in [0.4, 0.5) is 0 Å². The molecule has 240 valence electrons. The van der Waals surface area contributed by atoms with Gasteiger partial charge in [0.15, 0.2) is 5.25 Å². The second-order valence-corrected chi connectivity index (χ2v) is 12.3. The van der Waals surface area contributed by atoms with Crippen molar-refractivity contribution in [1.29, 1.82) is 0 Å². The smallest absolute Gasteiger partial charge is 0.325 e. The van der Waals surface area contributed by atoms with Crippen LogP contribution in [0.25, 0.3) is 0 Å². The summed E-state index contributed by atoms with van der Waals surface area (Å²) in [4.78, 5) is 26.4. The van der Waals surface area contributed by atoms with Crippen LogP contribution in [0.5, 0.6) is 0 Å². The molecule has 0 aromatic rings. The highest BCUT2D eigenvalue weighted by Crippen LogP contribution is 2.47. The normalized spacial score (nSPS) is 15.8. The van der Waals surface area contributed by atoms with Crippen LogP contribution in [0.1, 0.15) is 92.9 Å². The molecule has 0 aliphatic heterocycles. The zero-order valence-corrected chi connectivity index (χ0v) is 26.3. The molecule has 0 aromatic heterocycles. The van der Waals surface area contributed by atoms with Crippen LogP contribution in [0.2, 0.25) is 0 Å². The zero-order chi connectivity index (χ0) is 31.5. The second kappa shape index (κ2) is 21.4. The van der Waals surface area contributed by atoms with E-state index in [-0.39, 0.29) is 19.8 Å². The first-order valence-electron chi connectivity index (χ1n) is 14.7. The van der Waals surface area contributed by atoms with Gasteiger partial charge in [0.1, 0.15) is 5.41 Å². The summed E-state index contributed by atoms with van der Waals surface area (Å²) < 4.78 is 34.1. The van der Waals surface area contributed by atoms with Crippen molar-refractivity contribution in [2.24, 2.45) is 29.1 Å². The number of aliphatic carboxylic acids is 2. The largest absolute Gasteiger partial charge is 0.481 e. The van der Waals surface area contributed by atoms with Gasteiger partial charge in [-0.25, -0.2) is 0 Å².